The van der Waals surface area contributed by atoms with Gasteiger partial charge < -0.3 is 14.8 Å². The van der Waals surface area contributed by atoms with E-state index in [0.717, 1.165) is 65.8 Å². The normalized spacial score (nSPS) is 14.8. The van der Waals surface area contributed by atoms with Crippen LogP contribution in [0, 0.1) is 0 Å². The average Bonchev–Trinajstić information content (AvgIpc) is 3.30. The fraction of sp³-hybridized carbons (Fsp3) is 0.360. The molecular weight excluding hydrogens is 422 g/mol. The van der Waals surface area contributed by atoms with Crippen LogP contribution in [0.25, 0.3) is 10.6 Å². The van der Waals surface area contributed by atoms with E-state index in [1.165, 1.54) is 0 Å². The molecule has 1 aromatic heterocycles. The largest absolute Gasteiger partial charge is 0.493 e. The highest BCUT2D eigenvalue weighted by atomic mass is 32.1. The van der Waals surface area contributed by atoms with Crippen molar-refractivity contribution in [2.75, 3.05) is 26.8 Å². The van der Waals surface area contributed by atoms with Crippen molar-refractivity contribution in [3.8, 4) is 22.1 Å². The van der Waals surface area contributed by atoms with Gasteiger partial charge >= 0.3 is 0 Å². The minimum atomic E-state index is 0.0129. The Labute approximate surface area is 193 Å². The lowest BCUT2D eigenvalue weighted by atomic mass is 10.0. The van der Waals surface area contributed by atoms with Crippen molar-refractivity contribution in [2.45, 2.75) is 32.4 Å². The molecule has 0 radical (unpaired) electrons. The first-order valence-corrected chi connectivity index (χ1v) is 11.9. The van der Waals surface area contributed by atoms with E-state index in [0.29, 0.717) is 6.61 Å². The number of rotatable bonds is 8. The number of piperidine rings is 1. The van der Waals surface area contributed by atoms with E-state index < -0.39 is 0 Å². The second-order valence-electron chi connectivity index (χ2n) is 7.83. The lowest BCUT2D eigenvalue weighted by molar-refractivity contribution is 0.0908. The number of nitrogens with zero attached hydrogens (tertiary/aromatic N) is 2. The second kappa shape index (κ2) is 10.6. The van der Waals surface area contributed by atoms with Crippen molar-refractivity contribution >= 4 is 17.2 Å². The first-order chi connectivity index (χ1) is 15.7. The lowest BCUT2D eigenvalue weighted by Gasteiger charge is -2.31. The number of carbonyl (C=O) groups excluding carboxylic acids is 1. The zero-order valence-electron chi connectivity index (χ0n) is 18.5. The van der Waals surface area contributed by atoms with E-state index in [1.54, 1.807) is 18.4 Å². The molecule has 1 N–H and O–H groups in total. The van der Waals surface area contributed by atoms with E-state index in [1.807, 2.05) is 55.5 Å². The summed E-state index contributed by atoms with van der Waals surface area (Å²) in [4.78, 5) is 19.6. The third-order valence-electron chi connectivity index (χ3n) is 5.61. The van der Waals surface area contributed by atoms with Gasteiger partial charge in [0.1, 0.15) is 5.01 Å². The number of amides is 1. The number of hydrogen-bond acceptors (Lipinski definition) is 6. The maximum Gasteiger partial charge on any atom is 0.251 e. The van der Waals surface area contributed by atoms with Crippen LogP contribution < -0.4 is 14.8 Å². The smallest absolute Gasteiger partial charge is 0.251 e. The Morgan fingerprint density at radius 2 is 1.94 bits per heavy atom. The third-order valence-corrected chi connectivity index (χ3v) is 6.55. The van der Waals surface area contributed by atoms with Crippen LogP contribution in [0.5, 0.6) is 11.5 Å². The van der Waals surface area contributed by atoms with Crippen molar-refractivity contribution in [2.24, 2.45) is 0 Å². The van der Waals surface area contributed by atoms with Gasteiger partial charge in [-0.05, 0) is 50.1 Å². The Morgan fingerprint density at radius 1 is 1.16 bits per heavy atom. The molecule has 7 heteroatoms. The molecule has 1 saturated heterocycles. The maximum absolute atomic E-state index is 12.4. The van der Waals surface area contributed by atoms with Crippen molar-refractivity contribution < 1.29 is 14.3 Å². The molecule has 1 aliphatic heterocycles. The molecule has 6 nitrogen and oxygen atoms in total. The number of nitrogens with one attached hydrogen (secondary N) is 1. The van der Waals surface area contributed by atoms with Crippen LogP contribution in [0.1, 0.15) is 35.8 Å². The lowest BCUT2D eigenvalue weighted by Crippen LogP contribution is -2.44. The highest BCUT2D eigenvalue weighted by Crippen LogP contribution is 2.34. The predicted molar refractivity (Wildman–Crippen MR) is 127 cm³/mol. The number of carbonyl (C=O) groups is 1. The Morgan fingerprint density at radius 3 is 2.66 bits per heavy atom. The molecule has 0 aliphatic carbocycles. The van der Waals surface area contributed by atoms with Crippen molar-refractivity contribution in [3.05, 3.63) is 65.2 Å². The van der Waals surface area contributed by atoms with Crippen molar-refractivity contribution in [1.29, 1.82) is 0 Å². The van der Waals surface area contributed by atoms with Gasteiger partial charge in [0.2, 0.25) is 0 Å². The molecule has 0 spiro atoms. The first-order valence-electron chi connectivity index (χ1n) is 11.0. The van der Waals surface area contributed by atoms with Crippen LogP contribution in [-0.2, 0) is 6.54 Å². The van der Waals surface area contributed by atoms with E-state index in [9.17, 15) is 4.79 Å². The van der Waals surface area contributed by atoms with Gasteiger partial charge in [-0.2, -0.15) is 0 Å². The summed E-state index contributed by atoms with van der Waals surface area (Å²) in [5.74, 6) is 1.48. The van der Waals surface area contributed by atoms with Gasteiger partial charge in [0.15, 0.2) is 11.5 Å². The molecule has 3 aromatic rings. The number of hydrogen-bond donors (Lipinski definition) is 1. The standard InChI is InChI=1S/C25H29N3O3S/c1-3-31-22-10-9-19(15-23(22)30-2)25-27-21(17-32-25)16-28-13-11-20(12-14-28)26-24(29)18-7-5-4-6-8-18/h4-10,15,17,20H,3,11-14,16H2,1-2H3,(H,26,29). The second-order valence-corrected chi connectivity index (χ2v) is 8.69. The minimum Gasteiger partial charge on any atom is -0.493 e. The Bertz CT molecular complexity index is 1030. The summed E-state index contributed by atoms with van der Waals surface area (Å²) < 4.78 is 11.1. The molecule has 0 saturated carbocycles. The highest BCUT2D eigenvalue weighted by Gasteiger charge is 2.22. The van der Waals surface area contributed by atoms with Gasteiger partial charge in [-0.15, -0.1) is 11.3 Å². The minimum absolute atomic E-state index is 0.0129. The third kappa shape index (κ3) is 5.47. The van der Waals surface area contributed by atoms with Gasteiger partial charge in [0.05, 0.1) is 19.4 Å². The number of benzene rings is 2. The Balaban J connectivity index is 1.31. The molecule has 1 fully saturated rings. The van der Waals surface area contributed by atoms with Crippen molar-refractivity contribution in [3.63, 3.8) is 0 Å². The Hall–Kier alpha value is -2.90. The van der Waals surface area contributed by atoms with Gasteiger partial charge in [0, 0.05) is 42.2 Å². The number of likely N-dealkylation sites (tertiary alicyclic amines) is 1. The van der Waals surface area contributed by atoms with Gasteiger partial charge in [-0.25, -0.2) is 4.98 Å². The van der Waals surface area contributed by atoms with E-state index in [-0.39, 0.29) is 11.9 Å². The summed E-state index contributed by atoms with van der Waals surface area (Å²) in [6, 6.07) is 15.6. The van der Waals surface area contributed by atoms with E-state index in [4.69, 9.17) is 14.5 Å². The number of methoxy groups -OCH3 is 1. The van der Waals surface area contributed by atoms with Crippen LogP contribution in [0.3, 0.4) is 0 Å². The van der Waals surface area contributed by atoms with Gasteiger partial charge in [0.25, 0.3) is 5.91 Å². The SMILES string of the molecule is CCOc1ccc(-c2nc(CN3CCC(NC(=O)c4ccccc4)CC3)cs2)cc1OC. The van der Waals surface area contributed by atoms with Gasteiger partial charge in [-0.3, -0.25) is 9.69 Å². The molecular formula is C25H29N3O3S. The summed E-state index contributed by atoms with van der Waals surface area (Å²) in [5.41, 5.74) is 2.82. The molecule has 0 unspecified atom stereocenters. The fourth-order valence-corrected chi connectivity index (χ4v) is 4.72. The molecule has 0 atom stereocenters. The fourth-order valence-electron chi connectivity index (χ4n) is 3.91. The summed E-state index contributed by atoms with van der Waals surface area (Å²) in [6.45, 7) is 5.28. The molecule has 4 rings (SSSR count). The summed E-state index contributed by atoms with van der Waals surface area (Å²) in [6.07, 6.45) is 1.90. The van der Waals surface area contributed by atoms with Crippen LogP contribution >= 0.6 is 11.3 Å². The highest BCUT2D eigenvalue weighted by molar-refractivity contribution is 7.13. The Kier molecular flexibility index (Phi) is 7.39. The number of aromatic nitrogens is 1. The molecule has 2 heterocycles. The van der Waals surface area contributed by atoms with Crippen molar-refractivity contribution in [1.82, 2.24) is 15.2 Å². The molecule has 32 heavy (non-hydrogen) atoms. The predicted octanol–water partition coefficient (Wildman–Crippen LogP) is 4.61. The van der Waals surface area contributed by atoms with Crippen LogP contribution in [0.2, 0.25) is 0 Å². The summed E-state index contributed by atoms with van der Waals surface area (Å²) in [7, 11) is 1.65. The quantitative estimate of drug-likeness (QED) is 0.542. The monoisotopic (exact) mass is 451 g/mol. The summed E-state index contributed by atoms with van der Waals surface area (Å²) in [5, 5.41) is 6.27. The van der Waals surface area contributed by atoms with Crippen LogP contribution in [0.15, 0.2) is 53.9 Å². The maximum atomic E-state index is 12.4. The molecule has 1 aliphatic rings. The zero-order chi connectivity index (χ0) is 22.3. The molecule has 168 valence electrons. The van der Waals surface area contributed by atoms with Crippen LogP contribution in [0.4, 0.5) is 0 Å². The van der Waals surface area contributed by atoms with Crippen LogP contribution in [-0.4, -0.2) is 48.6 Å². The number of ether oxygens (including phenoxy) is 2. The van der Waals surface area contributed by atoms with E-state index >= 15 is 0 Å². The molecule has 1 amide bonds. The first kappa shape index (κ1) is 22.3. The van der Waals surface area contributed by atoms with E-state index in [2.05, 4.69) is 15.6 Å². The molecule has 0 bridgehead atoms. The zero-order valence-corrected chi connectivity index (χ0v) is 19.4. The average molecular weight is 452 g/mol. The van der Waals surface area contributed by atoms with Gasteiger partial charge in [-0.1, -0.05) is 18.2 Å². The topological polar surface area (TPSA) is 63.7 Å². The number of thiazole rings is 1. The molecule has 2 aromatic carbocycles. The summed E-state index contributed by atoms with van der Waals surface area (Å²) >= 11 is 1.65.